The lowest BCUT2D eigenvalue weighted by Gasteiger charge is -2.20. The second kappa shape index (κ2) is 4.47. The molecule has 0 unspecified atom stereocenters. The zero-order chi connectivity index (χ0) is 13.6. The van der Waals surface area contributed by atoms with Crippen molar-refractivity contribution >= 4 is 31.8 Å². The number of nitrogen functional groups attached to an aromatic ring is 1. The van der Waals surface area contributed by atoms with E-state index in [1.54, 1.807) is 0 Å². The normalized spacial score (nSPS) is 20.2. The molecule has 1 aromatic rings. The van der Waals surface area contributed by atoms with Crippen molar-refractivity contribution in [3.8, 4) is 0 Å². The van der Waals surface area contributed by atoms with Gasteiger partial charge in [-0.25, -0.2) is 13.4 Å². The summed E-state index contributed by atoms with van der Waals surface area (Å²) in [4.78, 5) is 3.96. The van der Waals surface area contributed by atoms with E-state index in [1.165, 1.54) is 16.6 Å². The van der Waals surface area contributed by atoms with E-state index in [-0.39, 0.29) is 16.1 Å². The maximum atomic E-state index is 12.5. The number of nitrogens with two attached hydrogens (primary N) is 1. The quantitative estimate of drug-likeness (QED) is 0.895. The van der Waals surface area contributed by atoms with Gasteiger partial charge < -0.3 is 5.73 Å². The summed E-state index contributed by atoms with van der Waals surface area (Å²) in [7, 11) is -3.55. The Morgan fingerprint density at radius 1 is 1.50 bits per heavy atom. The minimum absolute atomic E-state index is 0.0152. The smallest absolute Gasteiger partial charge is 0.246 e. The van der Waals surface area contributed by atoms with Gasteiger partial charge in [0.25, 0.3) is 0 Å². The summed E-state index contributed by atoms with van der Waals surface area (Å²) in [5.74, 6) is 0.0444. The van der Waals surface area contributed by atoms with Crippen molar-refractivity contribution in [1.29, 1.82) is 0 Å². The molecule has 0 saturated carbocycles. The highest BCUT2D eigenvalue weighted by Gasteiger charge is 2.37. The lowest BCUT2D eigenvalue weighted by Crippen LogP contribution is -2.31. The lowest BCUT2D eigenvalue weighted by atomic mass is 9.93. The fourth-order valence-corrected chi connectivity index (χ4v) is 4.25. The number of halogens is 1. The number of sulfonamides is 1. The standard InChI is InChI=1S/C11H16BrN3O2S/c1-11(2)3-4-15(7-11)18(16,17)9-5-8(12)6-14-10(9)13/h5-6H,3-4,7H2,1-2H3,(H2,13,14). The Morgan fingerprint density at radius 2 is 2.17 bits per heavy atom. The number of rotatable bonds is 2. The van der Waals surface area contributed by atoms with E-state index in [1.807, 2.05) is 0 Å². The molecule has 0 radical (unpaired) electrons. The van der Waals surface area contributed by atoms with Gasteiger partial charge in [-0.1, -0.05) is 13.8 Å². The number of aromatic nitrogens is 1. The van der Waals surface area contributed by atoms with Crippen LogP contribution in [0.3, 0.4) is 0 Å². The molecule has 1 saturated heterocycles. The van der Waals surface area contributed by atoms with Crippen molar-refractivity contribution < 1.29 is 8.42 Å². The maximum absolute atomic E-state index is 12.5. The Morgan fingerprint density at radius 3 is 2.72 bits per heavy atom. The molecular formula is C11H16BrN3O2S. The third-order valence-corrected chi connectivity index (χ3v) is 5.42. The van der Waals surface area contributed by atoms with Gasteiger partial charge in [-0.15, -0.1) is 0 Å². The zero-order valence-electron chi connectivity index (χ0n) is 10.4. The summed E-state index contributed by atoms with van der Waals surface area (Å²) in [6, 6.07) is 1.50. The molecule has 7 heteroatoms. The Bertz CT molecular complexity index is 572. The molecule has 1 aromatic heterocycles. The van der Waals surface area contributed by atoms with Gasteiger partial charge in [0.2, 0.25) is 10.0 Å². The molecule has 0 amide bonds. The molecule has 2 heterocycles. The summed E-state index contributed by atoms with van der Waals surface area (Å²) in [5.41, 5.74) is 5.69. The number of nitrogens with zero attached hydrogens (tertiary/aromatic N) is 2. The molecule has 2 rings (SSSR count). The summed E-state index contributed by atoms with van der Waals surface area (Å²) in [5, 5.41) is 0. The molecule has 100 valence electrons. The van der Waals surface area contributed by atoms with E-state index >= 15 is 0 Å². The van der Waals surface area contributed by atoms with Gasteiger partial charge in [0.05, 0.1) is 0 Å². The van der Waals surface area contributed by atoms with Gasteiger partial charge in [-0.05, 0) is 33.8 Å². The number of pyridine rings is 1. The van der Waals surface area contributed by atoms with Crippen LogP contribution in [0.4, 0.5) is 5.82 Å². The first-order chi connectivity index (χ1) is 8.22. The van der Waals surface area contributed by atoms with E-state index in [4.69, 9.17) is 5.73 Å². The lowest BCUT2D eigenvalue weighted by molar-refractivity contribution is 0.375. The van der Waals surface area contributed by atoms with E-state index in [0.29, 0.717) is 17.6 Å². The molecule has 1 aliphatic rings. The Hall–Kier alpha value is -0.660. The first kappa shape index (κ1) is 13.8. The van der Waals surface area contributed by atoms with Crippen LogP contribution in [0.5, 0.6) is 0 Å². The highest BCUT2D eigenvalue weighted by atomic mass is 79.9. The first-order valence-electron chi connectivity index (χ1n) is 5.64. The first-order valence-corrected chi connectivity index (χ1v) is 7.87. The van der Waals surface area contributed by atoms with Gasteiger partial charge >= 0.3 is 0 Å². The average molecular weight is 334 g/mol. The second-order valence-corrected chi connectivity index (χ2v) is 8.11. The van der Waals surface area contributed by atoms with E-state index in [2.05, 4.69) is 34.8 Å². The van der Waals surface area contributed by atoms with E-state index < -0.39 is 10.0 Å². The average Bonchev–Trinajstić information content (AvgIpc) is 2.63. The van der Waals surface area contributed by atoms with Crippen molar-refractivity contribution in [2.75, 3.05) is 18.8 Å². The summed E-state index contributed by atoms with van der Waals surface area (Å²) >= 11 is 3.22. The van der Waals surface area contributed by atoms with Crippen LogP contribution in [0.15, 0.2) is 21.6 Å². The minimum atomic E-state index is -3.55. The second-order valence-electron chi connectivity index (χ2n) is 5.29. The van der Waals surface area contributed by atoms with Crippen LogP contribution in [0, 0.1) is 5.41 Å². The van der Waals surface area contributed by atoms with Gasteiger partial charge in [0.1, 0.15) is 10.7 Å². The molecule has 1 fully saturated rings. The van der Waals surface area contributed by atoms with Crippen LogP contribution in [0.1, 0.15) is 20.3 Å². The molecule has 0 spiro atoms. The maximum Gasteiger partial charge on any atom is 0.246 e. The van der Waals surface area contributed by atoms with Crippen LogP contribution >= 0.6 is 15.9 Å². The van der Waals surface area contributed by atoms with Crippen LogP contribution in [-0.2, 0) is 10.0 Å². The van der Waals surface area contributed by atoms with Gasteiger partial charge in [0.15, 0.2) is 0 Å². The SMILES string of the molecule is CC1(C)CCN(S(=O)(=O)c2cc(Br)cnc2N)C1. The summed E-state index contributed by atoms with van der Waals surface area (Å²) in [6.07, 6.45) is 2.34. The van der Waals surface area contributed by atoms with Crippen LogP contribution in [-0.4, -0.2) is 30.8 Å². The summed E-state index contributed by atoms with van der Waals surface area (Å²) in [6.45, 7) is 5.17. The van der Waals surface area contributed by atoms with Crippen molar-refractivity contribution in [2.45, 2.75) is 25.2 Å². The molecule has 0 atom stereocenters. The topological polar surface area (TPSA) is 76.3 Å². The van der Waals surface area contributed by atoms with Crippen molar-refractivity contribution in [3.05, 3.63) is 16.7 Å². The monoisotopic (exact) mass is 333 g/mol. The van der Waals surface area contributed by atoms with E-state index in [9.17, 15) is 8.42 Å². The highest BCUT2D eigenvalue weighted by Crippen LogP contribution is 2.34. The van der Waals surface area contributed by atoms with Crippen LogP contribution < -0.4 is 5.73 Å². The van der Waals surface area contributed by atoms with Gasteiger partial charge in [-0.3, -0.25) is 0 Å². The molecular weight excluding hydrogens is 318 g/mol. The summed E-state index contributed by atoms with van der Waals surface area (Å²) < 4.78 is 27.0. The third-order valence-electron chi connectivity index (χ3n) is 3.11. The van der Waals surface area contributed by atoms with E-state index in [0.717, 1.165) is 6.42 Å². The fourth-order valence-electron chi connectivity index (χ4n) is 2.05. The molecule has 2 N–H and O–H groups in total. The van der Waals surface area contributed by atoms with Crippen LogP contribution in [0.25, 0.3) is 0 Å². The predicted octanol–water partition coefficient (Wildman–Crippen LogP) is 1.85. The molecule has 18 heavy (non-hydrogen) atoms. The Labute approximate surface area is 116 Å². The molecule has 1 aliphatic heterocycles. The molecule has 5 nitrogen and oxygen atoms in total. The Kier molecular flexibility index (Phi) is 3.42. The number of anilines is 1. The fraction of sp³-hybridized carbons (Fsp3) is 0.545. The van der Waals surface area contributed by atoms with Crippen molar-refractivity contribution in [2.24, 2.45) is 5.41 Å². The molecule has 0 aliphatic carbocycles. The van der Waals surface area contributed by atoms with Crippen molar-refractivity contribution in [3.63, 3.8) is 0 Å². The zero-order valence-corrected chi connectivity index (χ0v) is 12.8. The highest BCUT2D eigenvalue weighted by molar-refractivity contribution is 9.10. The van der Waals surface area contributed by atoms with Gasteiger partial charge in [-0.2, -0.15) is 4.31 Å². The third kappa shape index (κ3) is 2.53. The Balaban J connectivity index is 2.40. The van der Waals surface area contributed by atoms with Crippen LogP contribution in [0.2, 0.25) is 0 Å². The largest absolute Gasteiger partial charge is 0.383 e. The predicted molar refractivity (Wildman–Crippen MR) is 73.5 cm³/mol. The van der Waals surface area contributed by atoms with Gasteiger partial charge in [0, 0.05) is 23.8 Å². The molecule has 0 aromatic carbocycles. The molecule has 0 bridgehead atoms. The number of hydrogen-bond acceptors (Lipinski definition) is 4. The minimum Gasteiger partial charge on any atom is -0.383 e. The van der Waals surface area contributed by atoms with Crippen molar-refractivity contribution in [1.82, 2.24) is 9.29 Å². The number of hydrogen-bond donors (Lipinski definition) is 1.